The number of benzene rings is 2. The molecule has 0 aliphatic carbocycles. The summed E-state index contributed by atoms with van der Waals surface area (Å²) < 4.78 is 5.45. The van der Waals surface area contributed by atoms with E-state index in [1.54, 1.807) is 12.2 Å². The first-order chi connectivity index (χ1) is 13.1. The summed E-state index contributed by atoms with van der Waals surface area (Å²) in [5.74, 6) is -0.104. The van der Waals surface area contributed by atoms with Gasteiger partial charge in [0.1, 0.15) is 25.7 Å². The number of hydrogen-bond acceptors (Lipinski definition) is 2. The Morgan fingerprint density at radius 2 is 1.96 bits per heavy atom. The first-order valence-corrected chi connectivity index (χ1v) is 9.70. The van der Waals surface area contributed by atoms with Gasteiger partial charge >= 0.3 is 0 Å². The molecule has 4 nitrogen and oxygen atoms in total. The average Bonchev–Trinajstić information content (AvgIpc) is 2.67. The van der Waals surface area contributed by atoms with E-state index < -0.39 is 0 Å². The number of carbonyl (C=O) groups excluding carboxylic acids is 1. The fourth-order valence-corrected chi connectivity index (χ4v) is 3.40. The van der Waals surface area contributed by atoms with Crippen molar-refractivity contribution in [3.05, 3.63) is 76.3 Å². The van der Waals surface area contributed by atoms with E-state index in [4.69, 9.17) is 16.3 Å². The normalized spacial score (nSPS) is 16.4. The SMILES string of the molecule is Cc1ccc([C@H](C[NH+]2CCOCC2)NC(=O)/C=C/c2cccc(Cl)c2)cc1. The maximum absolute atomic E-state index is 12.5. The second-order valence-corrected chi connectivity index (χ2v) is 7.36. The molecule has 1 aliphatic heterocycles. The van der Waals surface area contributed by atoms with Crippen LogP contribution >= 0.6 is 11.6 Å². The van der Waals surface area contributed by atoms with Crippen molar-refractivity contribution in [2.45, 2.75) is 13.0 Å². The molecular weight excluding hydrogens is 360 g/mol. The quantitative estimate of drug-likeness (QED) is 0.750. The number of halogens is 1. The van der Waals surface area contributed by atoms with Gasteiger partial charge in [0.2, 0.25) is 5.91 Å². The van der Waals surface area contributed by atoms with E-state index in [1.807, 2.05) is 24.3 Å². The Hall–Kier alpha value is -2.14. The lowest BCUT2D eigenvalue weighted by atomic mass is 10.0. The number of carbonyl (C=O) groups is 1. The largest absolute Gasteiger partial charge is 0.370 e. The van der Waals surface area contributed by atoms with E-state index in [2.05, 4.69) is 36.5 Å². The highest BCUT2D eigenvalue weighted by molar-refractivity contribution is 6.30. The number of rotatable bonds is 6. The Bertz CT molecular complexity index is 783. The molecule has 1 saturated heterocycles. The van der Waals surface area contributed by atoms with E-state index in [9.17, 15) is 4.79 Å². The molecule has 142 valence electrons. The molecule has 2 N–H and O–H groups in total. The van der Waals surface area contributed by atoms with E-state index in [0.29, 0.717) is 5.02 Å². The van der Waals surface area contributed by atoms with Crippen LogP contribution in [0.25, 0.3) is 6.08 Å². The van der Waals surface area contributed by atoms with Gasteiger partial charge in [-0.05, 0) is 36.3 Å². The van der Waals surface area contributed by atoms with Gasteiger partial charge in [-0.3, -0.25) is 4.79 Å². The van der Waals surface area contributed by atoms with Crippen molar-refractivity contribution in [2.75, 3.05) is 32.8 Å². The fourth-order valence-electron chi connectivity index (χ4n) is 3.21. The third-order valence-corrected chi connectivity index (χ3v) is 5.00. The van der Waals surface area contributed by atoms with E-state index >= 15 is 0 Å². The standard InChI is InChI=1S/C22H25ClN2O2/c1-17-5-8-19(9-6-17)21(16-25-11-13-27-14-12-25)24-22(26)10-7-18-3-2-4-20(23)15-18/h2-10,15,21H,11-14,16H2,1H3,(H,24,26)/p+1/b10-7+/t21-/m0/s1. The van der Waals surface area contributed by atoms with Gasteiger partial charge in [-0.2, -0.15) is 0 Å². The van der Waals surface area contributed by atoms with E-state index in [0.717, 1.165) is 44.0 Å². The van der Waals surface area contributed by atoms with Gasteiger partial charge in [0, 0.05) is 11.1 Å². The second-order valence-electron chi connectivity index (χ2n) is 6.93. The molecule has 5 heteroatoms. The molecule has 0 saturated carbocycles. The van der Waals surface area contributed by atoms with Crippen molar-refractivity contribution >= 4 is 23.6 Å². The molecule has 1 fully saturated rings. The molecule has 1 heterocycles. The van der Waals surface area contributed by atoms with Crippen molar-refractivity contribution in [1.29, 1.82) is 0 Å². The minimum Gasteiger partial charge on any atom is -0.370 e. The minimum atomic E-state index is -0.104. The lowest BCUT2D eigenvalue weighted by Gasteiger charge is -2.28. The van der Waals surface area contributed by atoms with Crippen LogP contribution in [0, 0.1) is 6.92 Å². The number of hydrogen-bond donors (Lipinski definition) is 2. The third-order valence-electron chi connectivity index (χ3n) is 4.76. The Morgan fingerprint density at radius 3 is 2.67 bits per heavy atom. The second kappa shape index (κ2) is 9.70. The smallest absolute Gasteiger partial charge is 0.244 e. The Morgan fingerprint density at radius 1 is 1.22 bits per heavy atom. The first-order valence-electron chi connectivity index (χ1n) is 9.32. The predicted molar refractivity (Wildman–Crippen MR) is 109 cm³/mol. The summed E-state index contributed by atoms with van der Waals surface area (Å²) in [6.07, 6.45) is 3.36. The Labute approximate surface area is 165 Å². The van der Waals surface area contributed by atoms with Gasteiger partial charge in [-0.25, -0.2) is 0 Å². The fraction of sp³-hybridized carbons (Fsp3) is 0.318. The van der Waals surface area contributed by atoms with Crippen molar-refractivity contribution in [1.82, 2.24) is 5.32 Å². The van der Waals surface area contributed by atoms with Gasteiger partial charge in [0.05, 0.1) is 13.2 Å². The van der Waals surface area contributed by atoms with Gasteiger partial charge in [0.15, 0.2) is 0 Å². The number of aryl methyl sites for hydroxylation is 1. The van der Waals surface area contributed by atoms with E-state index in [-0.39, 0.29) is 11.9 Å². The molecule has 1 aliphatic rings. The average molecular weight is 386 g/mol. The topological polar surface area (TPSA) is 42.8 Å². The van der Waals surface area contributed by atoms with Crippen LogP contribution < -0.4 is 10.2 Å². The molecule has 0 aromatic heterocycles. The zero-order chi connectivity index (χ0) is 19.1. The van der Waals surface area contributed by atoms with Gasteiger partial charge in [-0.1, -0.05) is 53.6 Å². The number of quaternary nitrogens is 1. The molecule has 0 spiro atoms. The summed E-state index contributed by atoms with van der Waals surface area (Å²) >= 11 is 6.00. The summed E-state index contributed by atoms with van der Waals surface area (Å²) in [5.41, 5.74) is 3.25. The van der Waals surface area contributed by atoms with Gasteiger partial charge in [0.25, 0.3) is 0 Å². The number of amides is 1. The summed E-state index contributed by atoms with van der Waals surface area (Å²) in [4.78, 5) is 14.0. The Kier molecular flexibility index (Phi) is 7.04. The summed E-state index contributed by atoms with van der Waals surface area (Å²) in [6, 6.07) is 15.8. The van der Waals surface area contributed by atoms with Crippen LogP contribution in [-0.2, 0) is 9.53 Å². The van der Waals surface area contributed by atoms with Crippen LogP contribution in [0.5, 0.6) is 0 Å². The zero-order valence-electron chi connectivity index (χ0n) is 15.6. The molecule has 3 rings (SSSR count). The molecule has 27 heavy (non-hydrogen) atoms. The molecule has 1 atom stereocenters. The number of ether oxygens (including phenoxy) is 1. The number of morpholine rings is 1. The van der Waals surface area contributed by atoms with Crippen LogP contribution in [-0.4, -0.2) is 38.8 Å². The lowest BCUT2D eigenvalue weighted by molar-refractivity contribution is -0.909. The highest BCUT2D eigenvalue weighted by atomic mass is 35.5. The van der Waals surface area contributed by atoms with Gasteiger partial charge in [-0.15, -0.1) is 0 Å². The molecular formula is C22H26ClN2O2+. The Balaban J connectivity index is 1.69. The van der Waals surface area contributed by atoms with Gasteiger partial charge < -0.3 is 15.0 Å². The van der Waals surface area contributed by atoms with Crippen LogP contribution in [0.2, 0.25) is 5.02 Å². The molecule has 1 amide bonds. The van der Waals surface area contributed by atoms with E-state index in [1.165, 1.54) is 10.5 Å². The highest BCUT2D eigenvalue weighted by Gasteiger charge is 2.22. The van der Waals surface area contributed by atoms with Crippen molar-refractivity contribution in [3.8, 4) is 0 Å². The molecule has 0 unspecified atom stereocenters. The molecule has 0 radical (unpaired) electrons. The summed E-state index contributed by atoms with van der Waals surface area (Å²) in [7, 11) is 0. The number of nitrogens with one attached hydrogen (secondary N) is 2. The summed E-state index contributed by atoms with van der Waals surface area (Å²) in [6.45, 7) is 6.41. The highest BCUT2D eigenvalue weighted by Crippen LogP contribution is 2.14. The van der Waals surface area contributed by atoms with Crippen LogP contribution in [0.3, 0.4) is 0 Å². The van der Waals surface area contributed by atoms with Crippen LogP contribution in [0.15, 0.2) is 54.6 Å². The van der Waals surface area contributed by atoms with Crippen LogP contribution in [0.1, 0.15) is 22.7 Å². The van der Waals surface area contributed by atoms with Crippen molar-refractivity contribution < 1.29 is 14.4 Å². The summed E-state index contributed by atoms with van der Waals surface area (Å²) in [5, 5.41) is 3.82. The monoisotopic (exact) mass is 385 g/mol. The van der Waals surface area contributed by atoms with Crippen molar-refractivity contribution in [3.63, 3.8) is 0 Å². The molecule has 0 bridgehead atoms. The zero-order valence-corrected chi connectivity index (χ0v) is 16.3. The lowest BCUT2D eigenvalue weighted by Crippen LogP contribution is -3.14. The van der Waals surface area contributed by atoms with Crippen LogP contribution in [0.4, 0.5) is 0 Å². The maximum Gasteiger partial charge on any atom is 0.244 e. The first kappa shape index (κ1) is 19.6. The molecule has 2 aromatic rings. The maximum atomic E-state index is 12.5. The third kappa shape index (κ3) is 6.21. The molecule has 2 aromatic carbocycles. The van der Waals surface area contributed by atoms with Crippen molar-refractivity contribution in [2.24, 2.45) is 0 Å². The minimum absolute atomic E-state index is 0.0322. The predicted octanol–water partition coefficient (Wildman–Crippen LogP) is 2.43.